The van der Waals surface area contributed by atoms with Gasteiger partial charge >= 0.3 is 0 Å². The molecule has 0 fully saturated rings. The standard InChI is InChI=1S/C17H15ClN2O2S/c1-11(2)10-23-17-19-15-8-12(18)5-6-14(15)16(21)20(17)9-13-4-3-7-22-13/h3-8H,1,9-10H2,2H3. The second kappa shape index (κ2) is 6.64. The highest BCUT2D eigenvalue weighted by molar-refractivity contribution is 7.99. The van der Waals surface area contributed by atoms with Gasteiger partial charge in [0, 0.05) is 10.8 Å². The van der Waals surface area contributed by atoms with Crippen LogP contribution in [0.3, 0.4) is 0 Å². The van der Waals surface area contributed by atoms with E-state index in [9.17, 15) is 4.79 Å². The highest BCUT2D eigenvalue weighted by Crippen LogP contribution is 2.22. The molecule has 2 heterocycles. The Bertz CT molecular complexity index is 916. The molecule has 0 aliphatic rings. The Morgan fingerprint density at radius 2 is 2.26 bits per heavy atom. The minimum absolute atomic E-state index is 0.104. The second-order valence-electron chi connectivity index (χ2n) is 5.27. The Labute approximate surface area is 142 Å². The quantitative estimate of drug-likeness (QED) is 0.391. The van der Waals surface area contributed by atoms with Crippen molar-refractivity contribution in [2.24, 2.45) is 0 Å². The fourth-order valence-electron chi connectivity index (χ4n) is 2.17. The van der Waals surface area contributed by atoms with Gasteiger partial charge in [-0.2, -0.15) is 0 Å². The number of halogens is 1. The van der Waals surface area contributed by atoms with Crippen LogP contribution in [0, 0.1) is 0 Å². The second-order valence-corrected chi connectivity index (χ2v) is 6.65. The van der Waals surface area contributed by atoms with E-state index in [-0.39, 0.29) is 5.56 Å². The zero-order chi connectivity index (χ0) is 16.4. The van der Waals surface area contributed by atoms with E-state index in [1.54, 1.807) is 35.1 Å². The van der Waals surface area contributed by atoms with Crippen LogP contribution in [0.5, 0.6) is 0 Å². The lowest BCUT2D eigenvalue weighted by atomic mass is 10.2. The van der Waals surface area contributed by atoms with Gasteiger partial charge in [-0.05, 0) is 37.3 Å². The molecule has 3 rings (SSSR count). The van der Waals surface area contributed by atoms with E-state index >= 15 is 0 Å². The van der Waals surface area contributed by atoms with Gasteiger partial charge in [0.05, 0.1) is 23.7 Å². The number of hydrogen-bond donors (Lipinski definition) is 0. The summed E-state index contributed by atoms with van der Waals surface area (Å²) in [5.74, 6) is 1.40. The highest BCUT2D eigenvalue weighted by Gasteiger charge is 2.13. The van der Waals surface area contributed by atoms with E-state index in [0.29, 0.717) is 39.1 Å². The number of thioether (sulfide) groups is 1. The van der Waals surface area contributed by atoms with Crippen LogP contribution < -0.4 is 5.56 Å². The largest absolute Gasteiger partial charge is 0.467 e. The molecule has 0 unspecified atom stereocenters. The van der Waals surface area contributed by atoms with Crippen molar-refractivity contribution in [3.63, 3.8) is 0 Å². The lowest BCUT2D eigenvalue weighted by Gasteiger charge is -2.12. The molecule has 0 spiro atoms. The number of fused-ring (bicyclic) bond motifs is 1. The summed E-state index contributed by atoms with van der Waals surface area (Å²) in [5, 5.41) is 1.73. The fraction of sp³-hybridized carbons (Fsp3) is 0.176. The first kappa shape index (κ1) is 15.9. The molecule has 2 aromatic heterocycles. The van der Waals surface area contributed by atoms with Crippen LogP contribution in [-0.4, -0.2) is 15.3 Å². The number of nitrogens with zero attached hydrogens (tertiary/aromatic N) is 2. The third-order valence-corrected chi connectivity index (χ3v) is 4.67. The average Bonchev–Trinajstić information content (AvgIpc) is 3.01. The van der Waals surface area contributed by atoms with Gasteiger partial charge in [-0.3, -0.25) is 9.36 Å². The number of hydrogen-bond acceptors (Lipinski definition) is 4. The van der Waals surface area contributed by atoms with Gasteiger partial charge in [0.25, 0.3) is 5.56 Å². The predicted octanol–water partition coefficient (Wildman–Crippen LogP) is 4.36. The molecule has 0 aliphatic carbocycles. The number of furan rings is 1. The first-order valence-electron chi connectivity index (χ1n) is 7.04. The zero-order valence-corrected chi connectivity index (χ0v) is 14.2. The lowest BCUT2D eigenvalue weighted by Crippen LogP contribution is -2.24. The summed E-state index contributed by atoms with van der Waals surface area (Å²) in [6, 6.07) is 8.76. The van der Waals surface area contributed by atoms with Gasteiger partial charge in [-0.25, -0.2) is 4.98 Å². The number of rotatable bonds is 5. The van der Waals surface area contributed by atoms with Gasteiger partial charge < -0.3 is 4.42 Å². The maximum Gasteiger partial charge on any atom is 0.262 e. The molecule has 0 amide bonds. The SMILES string of the molecule is C=C(C)CSc1nc2cc(Cl)ccc2c(=O)n1Cc1ccco1. The van der Waals surface area contributed by atoms with Crippen LogP contribution in [0.2, 0.25) is 5.02 Å². The molecule has 4 nitrogen and oxygen atoms in total. The molecule has 0 bridgehead atoms. The lowest BCUT2D eigenvalue weighted by molar-refractivity contribution is 0.476. The molecule has 0 aliphatic heterocycles. The molecule has 6 heteroatoms. The Morgan fingerprint density at radius 3 is 2.96 bits per heavy atom. The fourth-order valence-corrected chi connectivity index (χ4v) is 3.18. The van der Waals surface area contributed by atoms with Crippen LogP contribution in [0.25, 0.3) is 10.9 Å². The van der Waals surface area contributed by atoms with E-state index in [2.05, 4.69) is 11.6 Å². The molecule has 0 saturated heterocycles. The molecule has 0 N–H and O–H groups in total. The van der Waals surface area contributed by atoms with Crippen molar-refractivity contribution in [1.29, 1.82) is 0 Å². The first-order chi connectivity index (χ1) is 11.0. The van der Waals surface area contributed by atoms with Gasteiger partial charge in [0.1, 0.15) is 5.76 Å². The molecule has 0 radical (unpaired) electrons. The molecule has 0 saturated carbocycles. The summed E-state index contributed by atoms with van der Waals surface area (Å²) in [6.07, 6.45) is 1.59. The minimum Gasteiger partial charge on any atom is -0.467 e. The summed E-state index contributed by atoms with van der Waals surface area (Å²) in [5.41, 5.74) is 1.51. The van der Waals surface area contributed by atoms with E-state index in [1.807, 2.05) is 13.0 Å². The summed E-state index contributed by atoms with van der Waals surface area (Å²) >= 11 is 7.50. The average molecular weight is 347 g/mol. The normalized spacial score (nSPS) is 11.0. The topological polar surface area (TPSA) is 48.0 Å². The van der Waals surface area contributed by atoms with Crippen LogP contribution in [0.4, 0.5) is 0 Å². The van der Waals surface area contributed by atoms with Crippen molar-refractivity contribution in [3.8, 4) is 0 Å². The Morgan fingerprint density at radius 1 is 1.43 bits per heavy atom. The zero-order valence-electron chi connectivity index (χ0n) is 12.6. The van der Waals surface area contributed by atoms with Crippen molar-refractivity contribution in [2.75, 3.05) is 5.75 Å². The monoisotopic (exact) mass is 346 g/mol. The Kier molecular flexibility index (Phi) is 4.59. The number of benzene rings is 1. The van der Waals surface area contributed by atoms with Crippen LogP contribution in [-0.2, 0) is 6.54 Å². The summed E-state index contributed by atoms with van der Waals surface area (Å²) in [4.78, 5) is 17.4. The van der Waals surface area contributed by atoms with Gasteiger partial charge in [0.15, 0.2) is 5.16 Å². The van der Waals surface area contributed by atoms with Gasteiger partial charge in [-0.15, -0.1) is 0 Å². The molecule has 1 aromatic carbocycles. The van der Waals surface area contributed by atoms with Crippen LogP contribution in [0.15, 0.2) is 63.1 Å². The smallest absolute Gasteiger partial charge is 0.262 e. The Balaban J connectivity index is 2.14. The Hall–Kier alpha value is -1.98. The third kappa shape index (κ3) is 3.51. The molecule has 118 valence electrons. The van der Waals surface area contributed by atoms with Crippen molar-refractivity contribution >= 4 is 34.3 Å². The molecular weight excluding hydrogens is 332 g/mol. The van der Waals surface area contributed by atoms with Crippen LogP contribution >= 0.6 is 23.4 Å². The van der Waals surface area contributed by atoms with Crippen molar-refractivity contribution in [1.82, 2.24) is 9.55 Å². The summed E-state index contributed by atoms with van der Waals surface area (Å²) in [6.45, 7) is 6.19. The predicted molar refractivity (Wildman–Crippen MR) is 94.4 cm³/mol. The van der Waals surface area contributed by atoms with Gasteiger partial charge in [0.2, 0.25) is 0 Å². The molecule has 23 heavy (non-hydrogen) atoms. The van der Waals surface area contributed by atoms with E-state index in [4.69, 9.17) is 16.0 Å². The van der Waals surface area contributed by atoms with Crippen molar-refractivity contribution in [3.05, 3.63) is 69.9 Å². The maximum absolute atomic E-state index is 12.8. The van der Waals surface area contributed by atoms with Crippen LogP contribution in [0.1, 0.15) is 12.7 Å². The molecular formula is C17H15ClN2O2S. The van der Waals surface area contributed by atoms with E-state index in [0.717, 1.165) is 5.57 Å². The molecule has 3 aromatic rings. The summed E-state index contributed by atoms with van der Waals surface area (Å²) in [7, 11) is 0. The first-order valence-corrected chi connectivity index (χ1v) is 8.40. The summed E-state index contributed by atoms with van der Waals surface area (Å²) < 4.78 is 7.00. The van der Waals surface area contributed by atoms with Crippen molar-refractivity contribution in [2.45, 2.75) is 18.6 Å². The van der Waals surface area contributed by atoms with Gasteiger partial charge in [-0.1, -0.05) is 35.5 Å². The number of aromatic nitrogens is 2. The minimum atomic E-state index is -0.104. The highest BCUT2D eigenvalue weighted by atomic mass is 35.5. The third-order valence-electron chi connectivity index (χ3n) is 3.22. The van der Waals surface area contributed by atoms with Crippen molar-refractivity contribution < 1.29 is 4.42 Å². The maximum atomic E-state index is 12.8. The van der Waals surface area contributed by atoms with E-state index < -0.39 is 0 Å². The van der Waals surface area contributed by atoms with E-state index in [1.165, 1.54) is 11.8 Å². The molecule has 0 atom stereocenters.